The van der Waals surface area contributed by atoms with Crippen LogP contribution in [0.3, 0.4) is 0 Å². The molecule has 0 atom stereocenters. The molecule has 1 fully saturated rings. The van der Waals surface area contributed by atoms with Crippen LogP contribution in [0.2, 0.25) is 0 Å². The quantitative estimate of drug-likeness (QED) is 0.758. The fraction of sp³-hybridized carbons (Fsp3) is 0.706. The van der Waals surface area contributed by atoms with Gasteiger partial charge in [0.15, 0.2) is 5.82 Å². The third kappa shape index (κ3) is 6.04. The van der Waals surface area contributed by atoms with Crippen molar-refractivity contribution in [1.82, 2.24) is 10.1 Å². The summed E-state index contributed by atoms with van der Waals surface area (Å²) in [4.78, 5) is 26.2. The predicted molar refractivity (Wildman–Crippen MR) is 87.8 cm³/mol. The molecule has 6 nitrogen and oxygen atoms in total. The van der Waals surface area contributed by atoms with E-state index in [1.165, 1.54) is 31.9 Å². The number of unbranched alkanes of at least 4 members (excludes halogenated alkanes) is 1. The van der Waals surface area contributed by atoms with E-state index in [-0.39, 0.29) is 18.4 Å². The fourth-order valence-corrected chi connectivity index (χ4v) is 3.06. The second-order valence-corrected chi connectivity index (χ2v) is 6.29. The number of hydrogen-bond donors (Lipinski definition) is 1. The summed E-state index contributed by atoms with van der Waals surface area (Å²) in [5.74, 6) is 0.921. The minimum absolute atomic E-state index is 0.0797. The molecule has 1 aliphatic carbocycles. The molecule has 0 aromatic carbocycles. The van der Waals surface area contributed by atoms with Crippen molar-refractivity contribution in [2.45, 2.75) is 58.3 Å². The van der Waals surface area contributed by atoms with Gasteiger partial charge in [0.2, 0.25) is 11.8 Å². The predicted octanol–water partition coefficient (Wildman–Crippen LogP) is 3.21. The summed E-state index contributed by atoms with van der Waals surface area (Å²) in [5.41, 5.74) is 0. The highest BCUT2D eigenvalue weighted by atomic mass is 16.5. The van der Waals surface area contributed by atoms with Crippen molar-refractivity contribution in [3.63, 3.8) is 0 Å². The Morgan fingerprint density at radius 3 is 2.83 bits per heavy atom. The van der Waals surface area contributed by atoms with E-state index in [1.807, 2.05) is 0 Å². The summed E-state index contributed by atoms with van der Waals surface area (Å²) < 4.78 is 4.68. The number of amides is 2. The lowest BCUT2D eigenvalue weighted by Crippen LogP contribution is -2.38. The molecule has 128 valence electrons. The molecule has 0 bridgehead atoms. The maximum Gasteiger partial charge on any atom is 0.245 e. The third-order valence-electron chi connectivity index (χ3n) is 4.42. The van der Waals surface area contributed by atoms with Gasteiger partial charge in [-0.05, 0) is 18.8 Å². The zero-order valence-electron chi connectivity index (χ0n) is 13.9. The zero-order chi connectivity index (χ0) is 16.5. The summed E-state index contributed by atoms with van der Waals surface area (Å²) >= 11 is 0. The van der Waals surface area contributed by atoms with E-state index in [2.05, 4.69) is 21.9 Å². The molecule has 0 unspecified atom stereocenters. The zero-order valence-corrected chi connectivity index (χ0v) is 13.9. The molecule has 2 amide bonds. The normalized spacial score (nSPS) is 14.8. The van der Waals surface area contributed by atoms with Gasteiger partial charge in [0.1, 0.15) is 6.26 Å². The molecule has 1 saturated carbocycles. The van der Waals surface area contributed by atoms with Gasteiger partial charge in [-0.1, -0.05) is 44.2 Å². The van der Waals surface area contributed by atoms with E-state index in [0.717, 1.165) is 19.3 Å². The largest absolute Gasteiger partial charge is 0.363 e. The SMILES string of the molecule is CCCCN(CC(=O)Nc1ccon1)C(=O)CCC1CCCC1. The van der Waals surface area contributed by atoms with Crippen LogP contribution in [0, 0.1) is 5.92 Å². The Bertz CT molecular complexity index is 481. The minimum Gasteiger partial charge on any atom is -0.363 e. The summed E-state index contributed by atoms with van der Waals surface area (Å²) in [6.45, 7) is 2.79. The van der Waals surface area contributed by atoms with Crippen molar-refractivity contribution >= 4 is 17.6 Å². The molecule has 2 rings (SSSR count). The lowest BCUT2D eigenvalue weighted by molar-refractivity contribution is -0.135. The number of aromatic nitrogens is 1. The average Bonchev–Trinajstić information content (AvgIpc) is 3.22. The minimum atomic E-state index is -0.232. The molecule has 23 heavy (non-hydrogen) atoms. The van der Waals surface area contributed by atoms with Crippen molar-refractivity contribution in [3.05, 3.63) is 12.3 Å². The molecule has 0 radical (unpaired) electrons. The summed E-state index contributed by atoms with van der Waals surface area (Å²) in [6, 6.07) is 1.58. The number of carbonyl (C=O) groups excluding carboxylic acids is 2. The molecule has 0 saturated heterocycles. The first kappa shape index (κ1) is 17.5. The van der Waals surface area contributed by atoms with Crippen LogP contribution in [-0.4, -0.2) is 35.0 Å². The van der Waals surface area contributed by atoms with Gasteiger partial charge < -0.3 is 14.7 Å². The molecule has 1 aromatic rings. The summed E-state index contributed by atoms with van der Waals surface area (Å²) in [6.07, 6.45) is 9.87. The van der Waals surface area contributed by atoms with E-state index in [1.54, 1.807) is 11.0 Å². The van der Waals surface area contributed by atoms with Crippen LogP contribution in [0.5, 0.6) is 0 Å². The molecule has 1 N–H and O–H groups in total. The molecule has 1 heterocycles. The maximum atomic E-state index is 12.5. The lowest BCUT2D eigenvalue weighted by Gasteiger charge is -2.22. The fourth-order valence-electron chi connectivity index (χ4n) is 3.06. The number of hydrogen-bond acceptors (Lipinski definition) is 4. The monoisotopic (exact) mass is 321 g/mol. The number of carbonyl (C=O) groups is 2. The van der Waals surface area contributed by atoms with Crippen LogP contribution >= 0.6 is 0 Å². The van der Waals surface area contributed by atoms with Crippen molar-refractivity contribution < 1.29 is 14.1 Å². The summed E-state index contributed by atoms with van der Waals surface area (Å²) in [7, 11) is 0. The molecule has 1 aromatic heterocycles. The Labute approximate surface area is 137 Å². The number of nitrogens with zero attached hydrogens (tertiary/aromatic N) is 2. The van der Waals surface area contributed by atoms with Crippen LogP contribution in [0.15, 0.2) is 16.9 Å². The lowest BCUT2D eigenvalue weighted by atomic mass is 10.0. The van der Waals surface area contributed by atoms with Gasteiger partial charge in [0.05, 0.1) is 6.54 Å². The van der Waals surface area contributed by atoms with E-state index in [9.17, 15) is 9.59 Å². The van der Waals surface area contributed by atoms with Crippen LogP contribution in [0.25, 0.3) is 0 Å². The van der Waals surface area contributed by atoms with Crippen LogP contribution < -0.4 is 5.32 Å². The first-order valence-corrected chi connectivity index (χ1v) is 8.67. The van der Waals surface area contributed by atoms with Crippen LogP contribution in [0.1, 0.15) is 58.3 Å². The van der Waals surface area contributed by atoms with Gasteiger partial charge in [0.25, 0.3) is 0 Å². The second-order valence-electron chi connectivity index (χ2n) is 6.29. The highest BCUT2D eigenvalue weighted by Gasteiger charge is 2.20. The van der Waals surface area contributed by atoms with Crippen LogP contribution in [0.4, 0.5) is 5.82 Å². The van der Waals surface area contributed by atoms with Gasteiger partial charge >= 0.3 is 0 Å². The number of rotatable bonds is 9. The van der Waals surface area contributed by atoms with Gasteiger partial charge in [-0.25, -0.2) is 0 Å². The second kappa shape index (κ2) is 9.33. The molecular weight excluding hydrogens is 294 g/mol. The number of nitrogens with one attached hydrogen (secondary N) is 1. The van der Waals surface area contributed by atoms with E-state index >= 15 is 0 Å². The topological polar surface area (TPSA) is 75.4 Å². The van der Waals surface area contributed by atoms with Gasteiger partial charge in [0, 0.05) is 19.0 Å². The Morgan fingerprint density at radius 1 is 1.39 bits per heavy atom. The molecule has 0 spiro atoms. The van der Waals surface area contributed by atoms with Gasteiger partial charge in [-0.15, -0.1) is 0 Å². The Kier molecular flexibility index (Phi) is 7.10. The molecule has 0 aliphatic heterocycles. The van der Waals surface area contributed by atoms with Crippen molar-refractivity contribution in [2.75, 3.05) is 18.4 Å². The van der Waals surface area contributed by atoms with E-state index < -0.39 is 0 Å². The average molecular weight is 321 g/mol. The van der Waals surface area contributed by atoms with Gasteiger partial charge in [-0.3, -0.25) is 9.59 Å². The highest BCUT2D eigenvalue weighted by Crippen LogP contribution is 2.28. The Morgan fingerprint density at radius 2 is 2.17 bits per heavy atom. The maximum absolute atomic E-state index is 12.5. The molecular formula is C17H27N3O3. The smallest absolute Gasteiger partial charge is 0.245 e. The molecule has 6 heteroatoms. The first-order valence-electron chi connectivity index (χ1n) is 8.67. The highest BCUT2D eigenvalue weighted by molar-refractivity contribution is 5.93. The Balaban J connectivity index is 1.81. The van der Waals surface area contributed by atoms with Crippen molar-refractivity contribution in [1.29, 1.82) is 0 Å². The van der Waals surface area contributed by atoms with Crippen LogP contribution in [-0.2, 0) is 9.59 Å². The summed E-state index contributed by atoms with van der Waals surface area (Å²) in [5, 5.41) is 6.29. The number of anilines is 1. The standard InChI is InChI=1S/C17H27N3O3/c1-2-3-11-20(13-16(21)18-15-10-12-23-19-15)17(22)9-8-14-6-4-5-7-14/h10,12,14H,2-9,11,13H2,1H3,(H,18,19,21). The van der Waals surface area contributed by atoms with E-state index in [4.69, 9.17) is 0 Å². The van der Waals surface area contributed by atoms with E-state index in [0.29, 0.717) is 24.7 Å². The Hall–Kier alpha value is -1.85. The van der Waals surface area contributed by atoms with Crippen molar-refractivity contribution in [3.8, 4) is 0 Å². The van der Waals surface area contributed by atoms with Crippen molar-refractivity contribution in [2.24, 2.45) is 5.92 Å². The third-order valence-corrected chi connectivity index (χ3v) is 4.42. The first-order chi connectivity index (χ1) is 11.2. The van der Waals surface area contributed by atoms with Gasteiger partial charge in [-0.2, -0.15) is 0 Å². The molecule has 1 aliphatic rings.